The van der Waals surface area contributed by atoms with Gasteiger partial charge in [0.25, 0.3) is 11.8 Å². The van der Waals surface area contributed by atoms with E-state index in [9.17, 15) is 14.4 Å². The Hall–Kier alpha value is -3.15. The van der Waals surface area contributed by atoms with Crippen LogP contribution >= 0.6 is 0 Å². The summed E-state index contributed by atoms with van der Waals surface area (Å²) in [7, 11) is 0. The predicted molar refractivity (Wildman–Crippen MR) is 96.4 cm³/mol. The Balaban J connectivity index is 1.63. The van der Waals surface area contributed by atoms with Gasteiger partial charge in [0, 0.05) is 37.3 Å². The van der Waals surface area contributed by atoms with Crippen LogP contribution < -0.4 is 0 Å². The second-order valence-electron chi connectivity index (χ2n) is 6.34. The van der Waals surface area contributed by atoms with E-state index in [0.29, 0.717) is 37.3 Å². The summed E-state index contributed by atoms with van der Waals surface area (Å²) in [6, 6.07) is 13.4. The monoisotopic (exact) mass is 352 g/mol. The number of carboxylic acid groups (broad SMARTS) is 1. The molecule has 6 heteroatoms. The first-order valence-electron chi connectivity index (χ1n) is 8.44. The summed E-state index contributed by atoms with van der Waals surface area (Å²) in [4.78, 5) is 39.6. The number of nitrogens with zero attached hydrogens (tertiary/aromatic N) is 2. The van der Waals surface area contributed by atoms with Crippen LogP contribution in [0.4, 0.5) is 0 Å². The molecule has 0 spiro atoms. The van der Waals surface area contributed by atoms with Crippen molar-refractivity contribution < 1.29 is 19.5 Å². The van der Waals surface area contributed by atoms with Crippen LogP contribution in [0.3, 0.4) is 0 Å². The van der Waals surface area contributed by atoms with Gasteiger partial charge in [-0.2, -0.15) is 0 Å². The summed E-state index contributed by atoms with van der Waals surface area (Å²) in [5, 5.41) is 9.05. The fourth-order valence-electron chi connectivity index (χ4n) is 2.96. The van der Waals surface area contributed by atoms with Crippen LogP contribution in [0.25, 0.3) is 0 Å². The van der Waals surface area contributed by atoms with Crippen LogP contribution in [0, 0.1) is 6.92 Å². The zero-order chi connectivity index (χ0) is 18.7. The van der Waals surface area contributed by atoms with Crippen LogP contribution in [0.1, 0.15) is 36.6 Å². The van der Waals surface area contributed by atoms with Crippen molar-refractivity contribution in [2.75, 3.05) is 26.2 Å². The van der Waals surface area contributed by atoms with Crippen molar-refractivity contribution in [2.45, 2.75) is 6.92 Å². The van der Waals surface area contributed by atoms with Gasteiger partial charge in [0.15, 0.2) is 0 Å². The van der Waals surface area contributed by atoms with Crippen molar-refractivity contribution in [3.05, 3.63) is 70.8 Å². The van der Waals surface area contributed by atoms with Gasteiger partial charge in [-0.25, -0.2) is 4.79 Å². The van der Waals surface area contributed by atoms with E-state index in [1.807, 2.05) is 31.2 Å². The molecule has 0 atom stereocenters. The molecular weight excluding hydrogens is 332 g/mol. The molecule has 134 valence electrons. The molecule has 3 rings (SSSR count). The Labute approximate surface area is 151 Å². The van der Waals surface area contributed by atoms with Crippen LogP contribution in [-0.2, 0) is 0 Å². The Morgan fingerprint density at radius 2 is 1.27 bits per heavy atom. The first kappa shape index (κ1) is 17.7. The molecule has 1 aliphatic heterocycles. The second-order valence-corrected chi connectivity index (χ2v) is 6.34. The lowest BCUT2D eigenvalue weighted by Gasteiger charge is -2.35. The van der Waals surface area contributed by atoms with E-state index >= 15 is 0 Å². The molecule has 0 aromatic heterocycles. The van der Waals surface area contributed by atoms with Gasteiger partial charge >= 0.3 is 5.97 Å². The Morgan fingerprint density at radius 1 is 0.769 bits per heavy atom. The van der Waals surface area contributed by atoms with Crippen LogP contribution in [0.15, 0.2) is 48.5 Å². The maximum absolute atomic E-state index is 12.6. The molecule has 0 bridgehead atoms. The Morgan fingerprint density at radius 3 is 1.81 bits per heavy atom. The first-order valence-corrected chi connectivity index (χ1v) is 8.44. The molecule has 1 saturated heterocycles. The molecule has 2 amide bonds. The van der Waals surface area contributed by atoms with Gasteiger partial charge in [0.1, 0.15) is 0 Å². The lowest BCUT2D eigenvalue weighted by Crippen LogP contribution is -2.50. The fourth-order valence-corrected chi connectivity index (χ4v) is 2.96. The smallest absolute Gasteiger partial charge is 0.335 e. The highest BCUT2D eigenvalue weighted by Crippen LogP contribution is 2.14. The minimum absolute atomic E-state index is 0.0371. The molecule has 2 aromatic rings. The maximum Gasteiger partial charge on any atom is 0.335 e. The molecule has 2 aromatic carbocycles. The van der Waals surface area contributed by atoms with Crippen LogP contribution in [0.5, 0.6) is 0 Å². The summed E-state index contributed by atoms with van der Waals surface area (Å²) >= 11 is 0. The number of aromatic carboxylic acids is 1. The average Bonchev–Trinajstić information content (AvgIpc) is 2.67. The van der Waals surface area contributed by atoms with Gasteiger partial charge < -0.3 is 14.9 Å². The molecule has 0 aliphatic carbocycles. The van der Waals surface area contributed by atoms with E-state index in [1.165, 1.54) is 12.1 Å². The maximum atomic E-state index is 12.6. The number of rotatable bonds is 3. The summed E-state index contributed by atoms with van der Waals surface area (Å²) in [6.45, 7) is 3.73. The van der Waals surface area contributed by atoms with Gasteiger partial charge in [-0.15, -0.1) is 0 Å². The zero-order valence-corrected chi connectivity index (χ0v) is 14.5. The van der Waals surface area contributed by atoms with Gasteiger partial charge in [0.2, 0.25) is 0 Å². The summed E-state index contributed by atoms with van der Waals surface area (Å²) in [5.41, 5.74) is 2.18. The van der Waals surface area contributed by atoms with E-state index in [2.05, 4.69) is 0 Å². The zero-order valence-electron chi connectivity index (χ0n) is 14.5. The van der Waals surface area contributed by atoms with Crippen LogP contribution in [-0.4, -0.2) is 58.9 Å². The van der Waals surface area contributed by atoms with Crippen molar-refractivity contribution in [3.63, 3.8) is 0 Å². The lowest BCUT2D eigenvalue weighted by molar-refractivity contribution is 0.0535. The van der Waals surface area contributed by atoms with E-state index in [1.54, 1.807) is 21.9 Å². The molecule has 1 heterocycles. The molecule has 1 aliphatic rings. The van der Waals surface area contributed by atoms with E-state index < -0.39 is 5.97 Å². The predicted octanol–water partition coefficient (Wildman–Crippen LogP) is 2.29. The van der Waals surface area contributed by atoms with Gasteiger partial charge in [-0.1, -0.05) is 23.8 Å². The molecule has 0 radical (unpaired) electrons. The summed E-state index contributed by atoms with van der Waals surface area (Å²) in [5.74, 6) is -1.31. The number of benzene rings is 2. The molecular formula is C20H20N2O4. The normalized spacial score (nSPS) is 14.2. The average molecular weight is 352 g/mol. The number of piperazine rings is 1. The Kier molecular flexibility index (Phi) is 5.02. The number of hydrogen-bond donors (Lipinski definition) is 1. The molecule has 26 heavy (non-hydrogen) atoms. The van der Waals surface area contributed by atoms with Gasteiger partial charge in [-0.05, 0) is 37.3 Å². The standard InChI is InChI=1S/C20H20N2O4/c1-14-5-7-15(8-6-14)18(23)21-9-11-22(12-10-21)19(24)16-3-2-4-17(13-16)20(25)26/h2-8,13H,9-12H2,1H3,(H,25,26). The highest BCUT2D eigenvalue weighted by atomic mass is 16.4. The third-order valence-electron chi connectivity index (χ3n) is 4.51. The third-order valence-corrected chi connectivity index (χ3v) is 4.51. The number of aryl methyl sites for hydroxylation is 1. The molecule has 6 nitrogen and oxygen atoms in total. The number of carbonyl (C=O) groups excluding carboxylic acids is 2. The summed E-state index contributed by atoms with van der Waals surface area (Å²) in [6.07, 6.45) is 0. The van der Waals surface area contributed by atoms with Crippen molar-refractivity contribution in [1.29, 1.82) is 0 Å². The van der Waals surface area contributed by atoms with Crippen molar-refractivity contribution >= 4 is 17.8 Å². The van der Waals surface area contributed by atoms with Crippen molar-refractivity contribution in [2.24, 2.45) is 0 Å². The van der Waals surface area contributed by atoms with Crippen LogP contribution in [0.2, 0.25) is 0 Å². The number of carbonyl (C=O) groups is 3. The SMILES string of the molecule is Cc1ccc(C(=O)N2CCN(C(=O)c3cccc(C(=O)O)c3)CC2)cc1. The number of hydrogen-bond acceptors (Lipinski definition) is 3. The Bertz CT molecular complexity index is 837. The lowest BCUT2D eigenvalue weighted by atomic mass is 10.1. The highest BCUT2D eigenvalue weighted by molar-refractivity contribution is 5.98. The number of amides is 2. The van der Waals surface area contributed by atoms with Gasteiger partial charge in [-0.3, -0.25) is 9.59 Å². The molecule has 1 fully saturated rings. The number of carboxylic acids is 1. The minimum Gasteiger partial charge on any atom is -0.478 e. The van der Waals surface area contributed by atoms with E-state index in [4.69, 9.17) is 5.11 Å². The van der Waals surface area contributed by atoms with Gasteiger partial charge in [0.05, 0.1) is 5.56 Å². The molecule has 0 saturated carbocycles. The van der Waals surface area contributed by atoms with E-state index in [0.717, 1.165) is 5.56 Å². The fraction of sp³-hybridized carbons (Fsp3) is 0.250. The highest BCUT2D eigenvalue weighted by Gasteiger charge is 2.25. The second kappa shape index (κ2) is 7.39. The third kappa shape index (κ3) is 3.74. The molecule has 0 unspecified atom stereocenters. The van der Waals surface area contributed by atoms with Crippen molar-refractivity contribution in [1.82, 2.24) is 9.80 Å². The summed E-state index contributed by atoms with van der Waals surface area (Å²) < 4.78 is 0. The minimum atomic E-state index is -1.06. The quantitative estimate of drug-likeness (QED) is 0.919. The van der Waals surface area contributed by atoms with E-state index in [-0.39, 0.29) is 17.4 Å². The largest absolute Gasteiger partial charge is 0.478 e. The first-order chi connectivity index (χ1) is 12.5. The van der Waals surface area contributed by atoms with Crippen molar-refractivity contribution in [3.8, 4) is 0 Å². The molecule has 1 N–H and O–H groups in total. The topological polar surface area (TPSA) is 77.9 Å².